The topological polar surface area (TPSA) is 147 Å². The van der Waals surface area contributed by atoms with Gasteiger partial charge in [0.1, 0.15) is 12.0 Å². The Bertz CT molecular complexity index is 1040. The third-order valence-electron chi connectivity index (χ3n) is 5.18. The standard InChI is InChI=1S/C24H31N2O7P/c25-22(17-33-34(28,29)30)24(27)26-20-10-11-23(21(15-20)19-12-14-31-16-19)32-13-6-2-5-9-18-7-3-1-4-8-18/h1,3-4,7-8,10-12,14-16,22,24,26-27H,2,5-6,9,13,17,25H2,(H2,28,29,30). The molecule has 2 atom stereocenters. The van der Waals surface area contributed by atoms with Crippen LogP contribution in [0.4, 0.5) is 5.69 Å². The molecule has 6 N–H and O–H groups in total. The van der Waals surface area contributed by atoms with E-state index in [9.17, 15) is 9.67 Å². The molecular formula is C24H31N2O7P. The molecule has 0 fully saturated rings. The Morgan fingerprint density at radius 2 is 1.85 bits per heavy atom. The summed E-state index contributed by atoms with van der Waals surface area (Å²) >= 11 is 0. The molecule has 3 aromatic rings. The molecule has 3 rings (SSSR count). The van der Waals surface area contributed by atoms with Crippen molar-refractivity contribution < 1.29 is 33.1 Å². The van der Waals surface area contributed by atoms with Crippen LogP contribution in [0.25, 0.3) is 11.1 Å². The quantitative estimate of drug-likeness (QED) is 0.129. The molecule has 184 valence electrons. The molecule has 9 nitrogen and oxygen atoms in total. The molecule has 0 amide bonds. The van der Waals surface area contributed by atoms with Crippen LogP contribution >= 0.6 is 7.82 Å². The molecule has 0 bridgehead atoms. The number of hydrogen-bond acceptors (Lipinski definition) is 7. The summed E-state index contributed by atoms with van der Waals surface area (Å²) in [7, 11) is -4.67. The van der Waals surface area contributed by atoms with Gasteiger partial charge in [-0.15, -0.1) is 0 Å². The van der Waals surface area contributed by atoms with E-state index in [1.165, 1.54) is 5.56 Å². The highest BCUT2D eigenvalue weighted by Gasteiger charge is 2.21. The Labute approximate surface area is 198 Å². The van der Waals surface area contributed by atoms with E-state index in [1.807, 2.05) is 12.1 Å². The molecule has 0 saturated carbocycles. The lowest BCUT2D eigenvalue weighted by atomic mass is 10.1. The lowest BCUT2D eigenvalue weighted by Crippen LogP contribution is -2.43. The lowest BCUT2D eigenvalue weighted by Gasteiger charge is -2.22. The second-order valence-electron chi connectivity index (χ2n) is 7.91. The molecule has 34 heavy (non-hydrogen) atoms. The van der Waals surface area contributed by atoms with Gasteiger partial charge in [-0.1, -0.05) is 30.3 Å². The number of phosphoric acid groups is 1. The highest BCUT2D eigenvalue weighted by molar-refractivity contribution is 7.46. The number of phosphoric ester groups is 1. The number of nitrogens with one attached hydrogen (secondary N) is 1. The summed E-state index contributed by atoms with van der Waals surface area (Å²) in [6.07, 6.45) is 5.98. The number of aryl methyl sites for hydroxylation is 1. The minimum atomic E-state index is -4.67. The van der Waals surface area contributed by atoms with Gasteiger partial charge in [0, 0.05) is 16.8 Å². The van der Waals surface area contributed by atoms with Crippen LogP contribution < -0.4 is 15.8 Å². The van der Waals surface area contributed by atoms with Gasteiger partial charge in [-0.05, 0) is 55.5 Å². The third kappa shape index (κ3) is 8.61. The van der Waals surface area contributed by atoms with Crippen LogP contribution in [-0.2, 0) is 15.5 Å². The summed E-state index contributed by atoms with van der Waals surface area (Å²) in [5, 5.41) is 13.1. The highest BCUT2D eigenvalue weighted by Crippen LogP contribution is 2.36. The Morgan fingerprint density at radius 3 is 2.56 bits per heavy atom. The smallest absolute Gasteiger partial charge is 0.469 e. The highest BCUT2D eigenvalue weighted by atomic mass is 31.2. The molecule has 10 heteroatoms. The van der Waals surface area contributed by atoms with Crippen molar-refractivity contribution in [1.82, 2.24) is 0 Å². The molecule has 0 saturated heterocycles. The van der Waals surface area contributed by atoms with Crippen molar-refractivity contribution >= 4 is 13.5 Å². The van der Waals surface area contributed by atoms with Crippen LogP contribution in [-0.4, -0.2) is 40.4 Å². The Kier molecular flexibility index (Phi) is 9.71. The van der Waals surface area contributed by atoms with E-state index in [4.69, 9.17) is 24.7 Å². The van der Waals surface area contributed by atoms with Gasteiger partial charge in [-0.25, -0.2) is 4.57 Å². The molecule has 0 aliphatic heterocycles. The fourth-order valence-corrected chi connectivity index (χ4v) is 3.74. The summed E-state index contributed by atoms with van der Waals surface area (Å²) in [4.78, 5) is 17.6. The van der Waals surface area contributed by atoms with Gasteiger partial charge in [0.2, 0.25) is 0 Å². The van der Waals surface area contributed by atoms with E-state index in [0.29, 0.717) is 18.0 Å². The minimum absolute atomic E-state index is 0.515. The van der Waals surface area contributed by atoms with Crippen molar-refractivity contribution in [2.24, 2.45) is 5.73 Å². The molecular weight excluding hydrogens is 459 g/mol. The van der Waals surface area contributed by atoms with E-state index < -0.39 is 26.7 Å². The van der Waals surface area contributed by atoms with Crippen LogP contribution in [0.15, 0.2) is 71.5 Å². The van der Waals surface area contributed by atoms with Crippen molar-refractivity contribution in [3.05, 3.63) is 72.7 Å². The number of hydrogen-bond donors (Lipinski definition) is 5. The van der Waals surface area contributed by atoms with Crippen LogP contribution in [0.1, 0.15) is 24.8 Å². The predicted molar refractivity (Wildman–Crippen MR) is 129 cm³/mol. The maximum atomic E-state index is 10.8. The maximum absolute atomic E-state index is 10.8. The van der Waals surface area contributed by atoms with Gasteiger partial charge < -0.3 is 35.1 Å². The van der Waals surface area contributed by atoms with Crippen LogP contribution in [0, 0.1) is 0 Å². The summed E-state index contributed by atoms with van der Waals surface area (Å²) < 4.78 is 26.4. The van der Waals surface area contributed by atoms with Gasteiger partial charge in [0.25, 0.3) is 0 Å². The Hall–Kier alpha value is -2.65. The number of furan rings is 1. The average Bonchev–Trinajstić information content (AvgIpc) is 3.35. The summed E-state index contributed by atoms with van der Waals surface area (Å²) in [6, 6.07) is 16.5. The summed E-state index contributed by atoms with van der Waals surface area (Å²) in [5.41, 5.74) is 9.23. The Morgan fingerprint density at radius 1 is 1.06 bits per heavy atom. The minimum Gasteiger partial charge on any atom is -0.493 e. The normalized spacial score (nSPS) is 13.4. The Balaban J connectivity index is 1.55. The molecule has 2 aromatic carbocycles. The first kappa shape index (κ1) is 26.0. The molecule has 0 radical (unpaired) electrons. The van der Waals surface area contributed by atoms with Gasteiger partial charge >= 0.3 is 7.82 Å². The zero-order chi connectivity index (χ0) is 24.4. The predicted octanol–water partition coefficient (Wildman–Crippen LogP) is 3.91. The number of benzene rings is 2. The van der Waals surface area contributed by atoms with Crippen LogP contribution in [0.3, 0.4) is 0 Å². The number of unbranched alkanes of at least 4 members (excludes halogenated alkanes) is 2. The number of rotatable bonds is 14. The fraction of sp³-hybridized carbons (Fsp3) is 0.333. The second-order valence-corrected chi connectivity index (χ2v) is 9.15. The first-order valence-electron chi connectivity index (χ1n) is 11.1. The molecule has 0 aliphatic carbocycles. The zero-order valence-corrected chi connectivity index (χ0v) is 19.6. The van der Waals surface area contributed by atoms with Crippen LogP contribution in [0.2, 0.25) is 0 Å². The average molecular weight is 490 g/mol. The van der Waals surface area contributed by atoms with Crippen molar-refractivity contribution in [3.63, 3.8) is 0 Å². The van der Waals surface area contributed by atoms with Crippen molar-refractivity contribution in [1.29, 1.82) is 0 Å². The van der Waals surface area contributed by atoms with Gasteiger partial charge in [-0.2, -0.15) is 0 Å². The molecule has 1 aromatic heterocycles. The van der Waals surface area contributed by atoms with E-state index >= 15 is 0 Å². The van der Waals surface area contributed by atoms with E-state index in [-0.39, 0.29) is 0 Å². The second kappa shape index (κ2) is 12.7. The maximum Gasteiger partial charge on any atom is 0.469 e. The number of aliphatic hydroxyl groups excluding tert-OH is 1. The zero-order valence-electron chi connectivity index (χ0n) is 18.7. The number of nitrogens with two attached hydrogens (primary N) is 1. The van der Waals surface area contributed by atoms with Gasteiger partial charge in [-0.3, -0.25) is 4.52 Å². The van der Waals surface area contributed by atoms with E-state index in [0.717, 1.165) is 36.8 Å². The van der Waals surface area contributed by atoms with Gasteiger partial charge in [0.05, 0.1) is 31.8 Å². The molecule has 2 unspecified atom stereocenters. The molecule has 0 spiro atoms. The molecule has 0 aliphatic rings. The van der Waals surface area contributed by atoms with Crippen molar-refractivity contribution in [3.8, 4) is 16.9 Å². The third-order valence-corrected chi connectivity index (χ3v) is 5.66. The van der Waals surface area contributed by atoms with Crippen molar-refractivity contribution in [2.45, 2.75) is 38.0 Å². The SMILES string of the molecule is NC(COP(=O)(O)O)C(O)Nc1ccc(OCCCCCc2ccccc2)c(-c2ccoc2)c1. The summed E-state index contributed by atoms with van der Waals surface area (Å²) in [6.45, 7) is 0.0537. The largest absolute Gasteiger partial charge is 0.493 e. The summed E-state index contributed by atoms with van der Waals surface area (Å²) in [5.74, 6) is 0.679. The number of aliphatic hydroxyl groups is 1. The first-order valence-corrected chi connectivity index (χ1v) is 12.6. The van der Waals surface area contributed by atoms with E-state index in [2.05, 4.69) is 34.1 Å². The number of anilines is 1. The number of ether oxygens (including phenoxy) is 1. The van der Waals surface area contributed by atoms with Gasteiger partial charge in [0.15, 0.2) is 0 Å². The van der Waals surface area contributed by atoms with Crippen molar-refractivity contribution in [2.75, 3.05) is 18.5 Å². The molecule has 1 heterocycles. The monoisotopic (exact) mass is 490 g/mol. The fourth-order valence-electron chi connectivity index (χ4n) is 3.38. The van der Waals surface area contributed by atoms with E-state index in [1.54, 1.807) is 30.7 Å². The lowest BCUT2D eigenvalue weighted by molar-refractivity contribution is 0.119. The van der Waals surface area contributed by atoms with Crippen LogP contribution in [0.5, 0.6) is 5.75 Å². The first-order chi connectivity index (χ1) is 16.3.